The van der Waals surface area contributed by atoms with E-state index in [1.165, 1.54) is 0 Å². The molecule has 0 aliphatic heterocycles. The van der Waals surface area contributed by atoms with Gasteiger partial charge in [0.2, 0.25) is 0 Å². The minimum absolute atomic E-state index is 0.00909. The number of rotatable bonds is 2. The molecular formula is C24H21N3O2. The standard InChI is InChI=1S/C24H21N3O2/c1-4-27-21-8-6-5-7-16(21)24(29)18-12-20-17(13-22(18)27)23(28)15-10-9-14(26(2)3)11-19(15)25-20/h5-13H,4H2,1-3H3,(H,25,28). The fraction of sp³-hybridized carbons (Fsp3) is 0.167. The summed E-state index contributed by atoms with van der Waals surface area (Å²) >= 11 is 0. The molecule has 0 radical (unpaired) electrons. The number of aromatic amines is 1. The van der Waals surface area contributed by atoms with Gasteiger partial charge < -0.3 is 14.5 Å². The molecule has 0 saturated carbocycles. The highest BCUT2D eigenvalue weighted by molar-refractivity contribution is 6.03. The molecule has 5 heteroatoms. The van der Waals surface area contributed by atoms with Crippen LogP contribution in [0.15, 0.2) is 64.2 Å². The van der Waals surface area contributed by atoms with Gasteiger partial charge in [-0.05, 0) is 49.4 Å². The van der Waals surface area contributed by atoms with Gasteiger partial charge in [0.1, 0.15) is 0 Å². The van der Waals surface area contributed by atoms with E-state index in [2.05, 4.69) is 9.55 Å². The molecule has 0 bridgehead atoms. The fourth-order valence-electron chi connectivity index (χ4n) is 4.20. The van der Waals surface area contributed by atoms with Gasteiger partial charge in [-0.3, -0.25) is 9.59 Å². The lowest BCUT2D eigenvalue weighted by Crippen LogP contribution is -2.13. The van der Waals surface area contributed by atoms with Gasteiger partial charge in [-0.25, -0.2) is 0 Å². The van der Waals surface area contributed by atoms with Gasteiger partial charge in [-0.2, -0.15) is 0 Å². The monoisotopic (exact) mass is 383 g/mol. The zero-order chi connectivity index (χ0) is 20.3. The van der Waals surface area contributed by atoms with Crippen molar-refractivity contribution in [3.63, 3.8) is 0 Å². The fourth-order valence-corrected chi connectivity index (χ4v) is 4.20. The molecule has 29 heavy (non-hydrogen) atoms. The smallest absolute Gasteiger partial charge is 0.197 e. The molecule has 5 rings (SSSR count). The quantitative estimate of drug-likeness (QED) is 0.464. The highest BCUT2D eigenvalue weighted by Crippen LogP contribution is 2.25. The van der Waals surface area contributed by atoms with Crippen LogP contribution in [0.1, 0.15) is 6.92 Å². The zero-order valence-electron chi connectivity index (χ0n) is 16.6. The van der Waals surface area contributed by atoms with Crippen LogP contribution in [-0.2, 0) is 6.54 Å². The van der Waals surface area contributed by atoms with Crippen molar-refractivity contribution in [3.8, 4) is 0 Å². The number of benzene rings is 3. The molecule has 0 spiro atoms. The maximum atomic E-state index is 13.2. The Kier molecular flexibility index (Phi) is 3.74. The van der Waals surface area contributed by atoms with Crippen LogP contribution in [0.4, 0.5) is 5.69 Å². The molecule has 0 unspecified atom stereocenters. The average molecular weight is 383 g/mol. The van der Waals surface area contributed by atoms with Crippen molar-refractivity contribution in [2.45, 2.75) is 13.5 Å². The molecule has 0 atom stereocenters. The Morgan fingerprint density at radius 1 is 0.793 bits per heavy atom. The van der Waals surface area contributed by atoms with Crippen LogP contribution in [0, 0.1) is 0 Å². The number of pyridine rings is 2. The molecule has 144 valence electrons. The summed E-state index contributed by atoms with van der Waals surface area (Å²) in [5, 5.41) is 2.56. The Labute approximate surface area is 166 Å². The van der Waals surface area contributed by atoms with Crippen molar-refractivity contribution in [3.05, 3.63) is 75.0 Å². The number of aromatic nitrogens is 2. The van der Waals surface area contributed by atoms with E-state index in [-0.39, 0.29) is 10.9 Å². The van der Waals surface area contributed by atoms with Crippen LogP contribution in [0.25, 0.3) is 43.6 Å². The first-order valence-electron chi connectivity index (χ1n) is 9.72. The molecule has 2 aromatic heterocycles. The number of fused-ring (bicyclic) bond motifs is 4. The zero-order valence-corrected chi connectivity index (χ0v) is 16.6. The summed E-state index contributed by atoms with van der Waals surface area (Å²) < 4.78 is 2.10. The molecule has 0 aliphatic rings. The van der Waals surface area contributed by atoms with E-state index in [4.69, 9.17) is 0 Å². The maximum Gasteiger partial charge on any atom is 0.197 e. The van der Waals surface area contributed by atoms with Crippen molar-refractivity contribution >= 4 is 49.3 Å². The Morgan fingerprint density at radius 2 is 1.52 bits per heavy atom. The van der Waals surface area contributed by atoms with Crippen LogP contribution in [0.5, 0.6) is 0 Å². The Morgan fingerprint density at radius 3 is 2.28 bits per heavy atom. The predicted octanol–water partition coefficient (Wildman–Crippen LogP) is 4.24. The summed E-state index contributed by atoms with van der Waals surface area (Å²) in [6.07, 6.45) is 0. The number of para-hydroxylation sites is 1. The van der Waals surface area contributed by atoms with Crippen LogP contribution >= 0.6 is 0 Å². The number of aryl methyl sites for hydroxylation is 1. The normalized spacial score (nSPS) is 11.7. The highest BCUT2D eigenvalue weighted by atomic mass is 16.1. The van der Waals surface area contributed by atoms with Crippen molar-refractivity contribution in [1.82, 2.24) is 9.55 Å². The number of hydrogen-bond donors (Lipinski definition) is 1. The van der Waals surface area contributed by atoms with Gasteiger partial charge in [0.25, 0.3) is 0 Å². The second-order valence-corrected chi connectivity index (χ2v) is 7.58. The predicted molar refractivity (Wildman–Crippen MR) is 121 cm³/mol. The number of anilines is 1. The minimum atomic E-state index is -0.0239. The average Bonchev–Trinajstić information content (AvgIpc) is 2.73. The van der Waals surface area contributed by atoms with Crippen LogP contribution in [0.2, 0.25) is 0 Å². The summed E-state index contributed by atoms with van der Waals surface area (Å²) in [7, 11) is 3.93. The summed E-state index contributed by atoms with van der Waals surface area (Å²) in [5.41, 5.74) is 4.10. The first-order chi connectivity index (χ1) is 14.0. The molecule has 0 saturated heterocycles. The second-order valence-electron chi connectivity index (χ2n) is 7.58. The van der Waals surface area contributed by atoms with Crippen molar-refractivity contribution in [1.29, 1.82) is 0 Å². The Balaban J connectivity index is 1.98. The second kappa shape index (κ2) is 6.21. The lowest BCUT2D eigenvalue weighted by Gasteiger charge is -2.15. The summed E-state index contributed by atoms with van der Waals surface area (Å²) in [6.45, 7) is 2.76. The van der Waals surface area contributed by atoms with Gasteiger partial charge in [-0.1, -0.05) is 12.1 Å². The van der Waals surface area contributed by atoms with E-state index in [1.54, 1.807) is 0 Å². The van der Waals surface area contributed by atoms with Gasteiger partial charge in [0, 0.05) is 47.9 Å². The van der Waals surface area contributed by atoms with Crippen LogP contribution in [-0.4, -0.2) is 23.6 Å². The van der Waals surface area contributed by atoms with Gasteiger partial charge in [-0.15, -0.1) is 0 Å². The van der Waals surface area contributed by atoms with Crippen molar-refractivity contribution in [2.24, 2.45) is 0 Å². The van der Waals surface area contributed by atoms with E-state index in [1.807, 2.05) is 80.5 Å². The first kappa shape index (κ1) is 17.5. The third-order valence-electron chi connectivity index (χ3n) is 5.71. The van der Waals surface area contributed by atoms with E-state index in [0.29, 0.717) is 33.6 Å². The molecule has 5 nitrogen and oxygen atoms in total. The molecule has 3 aromatic carbocycles. The number of nitrogens with zero attached hydrogens (tertiary/aromatic N) is 2. The summed E-state index contributed by atoms with van der Waals surface area (Å²) in [5.74, 6) is 0. The largest absolute Gasteiger partial charge is 0.378 e. The number of H-pyrrole nitrogens is 1. The molecule has 0 aliphatic carbocycles. The Hall–Kier alpha value is -3.60. The maximum absolute atomic E-state index is 13.2. The van der Waals surface area contributed by atoms with Crippen LogP contribution in [0.3, 0.4) is 0 Å². The van der Waals surface area contributed by atoms with Crippen molar-refractivity contribution < 1.29 is 0 Å². The lowest BCUT2D eigenvalue weighted by molar-refractivity contribution is 0.821. The number of nitrogens with one attached hydrogen (secondary N) is 1. The van der Waals surface area contributed by atoms with E-state index in [9.17, 15) is 9.59 Å². The van der Waals surface area contributed by atoms with Crippen molar-refractivity contribution in [2.75, 3.05) is 19.0 Å². The van der Waals surface area contributed by atoms with E-state index < -0.39 is 0 Å². The van der Waals surface area contributed by atoms with Gasteiger partial charge in [0.15, 0.2) is 10.9 Å². The summed E-state index contributed by atoms with van der Waals surface area (Å²) in [4.78, 5) is 31.8. The Bertz CT molecular complexity index is 1560. The molecule has 1 N–H and O–H groups in total. The minimum Gasteiger partial charge on any atom is -0.378 e. The molecule has 0 amide bonds. The molecule has 2 heterocycles. The lowest BCUT2D eigenvalue weighted by atomic mass is 10.0. The highest BCUT2D eigenvalue weighted by Gasteiger charge is 2.14. The van der Waals surface area contributed by atoms with E-state index in [0.717, 1.165) is 22.2 Å². The van der Waals surface area contributed by atoms with Crippen LogP contribution < -0.4 is 15.8 Å². The van der Waals surface area contributed by atoms with E-state index >= 15 is 0 Å². The molecule has 0 fully saturated rings. The number of hydrogen-bond acceptors (Lipinski definition) is 3. The third kappa shape index (κ3) is 2.47. The first-order valence-corrected chi connectivity index (χ1v) is 9.72. The molecular weight excluding hydrogens is 362 g/mol. The molecule has 5 aromatic rings. The van der Waals surface area contributed by atoms with Gasteiger partial charge >= 0.3 is 0 Å². The van der Waals surface area contributed by atoms with Gasteiger partial charge in [0.05, 0.1) is 22.1 Å². The third-order valence-corrected chi connectivity index (χ3v) is 5.71. The summed E-state index contributed by atoms with van der Waals surface area (Å²) in [6, 6.07) is 17.1. The topological polar surface area (TPSA) is 58.1 Å². The SMILES string of the molecule is CCn1c2ccccc2c(=O)c2cc3[nH]c4cc(N(C)C)ccc4c(=O)c3cc21.